The first-order valence-electron chi connectivity index (χ1n) is 7.16. The fourth-order valence-corrected chi connectivity index (χ4v) is 2.82. The second-order valence-corrected chi connectivity index (χ2v) is 5.68. The van der Waals surface area contributed by atoms with E-state index in [1.54, 1.807) is 0 Å². The fourth-order valence-electron chi connectivity index (χ4n) is 2.82. The van der Waals surface area contributed by atoms with Crippen LogP contribution < -0.4 is 0 Å². The number of likely N-dealkylation sites (N-methyl/N-ethyl adjacent to an activating group) is 1. The number of aryl methyl sites for hydroxylation is 1. The lowest BCUT2D eigenvalue weighted by Gasteiger charge is -2.28. The van der Waals surface area contributed by atoms with Gasteiger partial charge in [-0.3, -0.25) is 0 Å². The SMILES string of the molecule is Cc1ccccc1C(O)CN(C)CC1CCCOC1. The zero-order chi connectivity index (χ0) is 13.7. The highest BCUT2D eigenvalue weighted by Gasteiger charge is 2.18. The third kappa shape index (κ3) is 4.30. The monoisotopic (exact) mass is 263 g/mol. The Kier molecular flexibility index (Phi) is 5.37. The minimum atomic E-state index is -0.407. The molecule has 0 bridgehead atoms. The predicted octanol–water partition coefficient (Wildman–Crippen LogP) is 2.39. The van der Waals surface area contributed by atoms with E-state index in [-0.39, 0.29) is 0 Å². The number of benzene rings is 1. The van der Waals surface area contributed by atoms with E-state index in [1.807, 2.05) is 31.2 Å². The Morgan fingerprint density at radius 2 is 2.21 bits per heavy atom. The van der Waals surface area contributed by atoms with Crippen molar-refractivity contribution in [2.45, 2.75) is 25.9 Å². The summed E-state index contributed by atoms with van der Waals surface area (Å²) in [6.45, 7) is 5.51. The van der Waals surface area contributed by atoms with Gasteiger partial charge in [-0.15, -0.1) is 0 Å². The highest BCUT2D eigenvalue weighted by molar-refractivity contribution is 5.27. The first-order valence-corrected chi connectivity index (χ1v) is 7.16. The van der Waals surface area contributed by atoms with Crippen LogP contribution in [0.5, 0.6) is 0 Å². The van der Waals surface area contributed by atoms with Crippen LogP contribution in [-0.2, 0) is 4.74 Å². The Morgan fingerprint density at radius 1 is 1.42 bits per heavy atom. The normalized spacial score (nSPS) is 21.6. The van der Waals surface area contributed by atoms with Crippen LogP contribution in [0.1, 0.15) is 30.1 Å². The van der Waals surface area contributed by atoms with Gasteiger partial charge in [-0.05, 0) is 43.9 Å². The Morgan fingerprint density at radius 3 is 2.89 bits per heavy atom. The molecule has 19 heavy (non-hydrogen) atoms. The van der Waals surface area contributed by atoms with Crippen molar-refractivity contribution >= 4 is 0 Å². The molecule has 1 N–H and O–H groups in total. The van der Waals surface area contributed by atoms with Crippen LogP contribution in [-0.4, -0.2) is 43.4 Å². The molecule has 0 saturated carbocycles. The minimum absolute atomic E-state index is 0.407. The summed E-state index contributed by atoms with van der Waals surface area (Å²) >= 11 is 0. The second kappa shape index (κ2) is 7.04. The average Bonchev–Trinajstić information content (AvgIpc) is 2.40. The van der Waals surface area contributed by atoms with Crippen LogP contribution in [0.4, 0.5) is 0 Å². The van der Waals surface area contributed by atoms with Gasteiger partial charge in [-0.25, -0.2) is 0 Å². The predicted molar refractivity (Wildman–Crippen MR) is 77.2 cm³/mol. The third-order valence-electron chi connectivity index (χ3n) is 3.86. The van der Waals surface area contributed by atoms with Crippen molar-refractivity contribution in [1.82, 2.24) is 4.90 Å². The molecule has 1 saturated heterocycles. The van der Waals surface area contributed by atoms with Crippen molar-refractivity contribution in [2.75, 3.05) is 33.4 Å². The first-order chi connectivity index (χ1) is 9.16. The molecule has 2 rings (SSSR count). The molecule has 0 aliphatic carbocycles. The summed E-state index contributed by atoms with van der Waals surface area (Å²) in [7, 11) is 2.08. The van der Waals surface area contributed by atoms with Crippen molar-refractivity contribution in [3.05, 3.63) is 35.4 Å². The van der Waals surface area contributed by atoms with Crippen LogP contribution in [0.25, 0.3) is 0 Å². The summed E-state index contributed by atoms with van der Waals surface area (Å²) in [4.78, 5) is 2.22. The number of rotatable bonds is 5. The van der Waals surface area contributed by atoms with Gasteiger partial charge in [0.05, 0.1) is 12.7 Å². The Balaban J connectivity index is 1.84. The van der Waals surface area contributed by atoms with Gasteiger partial charge in [0.15, 0.2) is 0 Å². The summed E-state index contributed by atoms with van der Waals surface area (Å²) in [6, 6.07) is 8.06. The van der Waals surface area contributed by atoms with E-state index in [0.29, 0.717) is 12.5 Å². The summed E-state index contributed by atoms with van der Waals surface area (Å²) in [6.07, 6.45) is 2.00. The number of hydrogen-bond acceptors (Lipinski definition) is 3. The van der Waals surface area contributed by atoms with Gasteiger partial charge in [0.1, 0.15) is 0 Å². The highest BCUT2D eigenvalue weighted by Crippen LogP contribution is 2.19. The smallest absolute Gasteiger partial charge is 0.0919 e. The molecule has 3 nitrogen and oxygen atoms in total. The molecule has 1 aromatic rings. The molecule has 3 heteroatoms. The highest BCUT2D eigenvalue weighted by atomic mass is 16.5. The molecule has 1 aromatic carbocycles. The van der Waals surface area contributed by atoms with E-state index < -0.39 is 6.10 Å². The molecule has 2 atom stereocenters. The molecule has 0 radical (unpaired) electrons. The van der Waals surface area contributed by atoms with E-state index in [0.717, 1.165) is 30.9 Å². The van der Waals surface area contributed by atoms with Gasteiger partial charge < -0.3 is 14.7 Å². The second-order valence-electron chi connectivity index (χ2n) is 5.68. The summed E-state index contributed by atoms with van der Waals surface area (Å²) in [5, 5.41) is 10.3. The standard InChI is InChI=1S/C16H25NO2/c1-13-6-3-4-8-15(13)16(18)11-17(2)10-14-7-5-9-19-12-14/h3-4,6,8,14,16,18H,5,7,9-12H2,1-2H3. The van der Waals surface area contributed by atoms with Crippen molar-refractivity contribution < 1.29 is 9.84 Å². The van der Waals surface area contributed by atoms with Gasteiger partial charge in [0.25, 0.3) is 0 Å². The maximum atomic E-state index is 10.3. The number of hydrogen-bond donors (Lipinski definition) is 1. The van der Waals surface area contributed by atoms with Gasteiger partial charge in [-0.1, -0.05) is 24.3 Å². The minimum Gasteiger partial charge on any atom is -0.387 e. The lowest BCUT2D eigenvalue weighted by Crippen LogP contribution is -2.33. The fraction of sp³-hybridized carbons (Fsp3) is 0.625. The molecule has 0 amide bonds. The maximum Gasteiger partial charge on any atom is 0.0919 e. The molecule has 106 valence electrons. The summed E-state index contributed by atoms with van der Waals surface area (Å²) in [5.41, 5.74) is 2.19. The molecule has 1 aliphatic heterocycles. The number of aliphatic hydroxyl groups excluding tert-OH is 1. The molecular weight excluding hydrogens is 238 g/mol. The van der Waals surface area contributed by atoms with Crippen LogP contribution in [0.3, 0.4) is 0 Å². The Hall–Kier alpha value is -0.900. The van der Waals surface area contributed by atoms with E-state index >= 15 is 0 Å². The molecular formula is C16H25NO2. The molecule has 0 aromatic heterocycles. The largest absolute Gasteiger partial charge is 0.387 e. The molecule has 1 aliphatic rings. The van der Waals surface area contributed by atoms with Crippen molar-refractivity contribution in [2.24, 2.45) is 5.92 Å². The lowest BCUT2D eigenvalue weighted by molar-refractivity contribution is 0.0342. The molecule has 2 unspecified atom stereocenters. The van der Waals surface area contributed by atoms with Crippen LogP contribution in [0, 0.1) is 12.8 Å². The molecule has 1 heterocycles. The number of nitrogens with zero attached hydrogens (tertiary/aromatic N) is 1. The zero-order valence-corrected chi connectivity index (χ0v) is 12.0. The number of ether oxygens (including phenoxy) is 1. The maximum absolute atomic E-state index is 10.3. The molecule has 0 spiro atoms. The first kappa shape index (κ1) is 14.5. The van der Waals surface area contributed by atoms with Gasteiger partial charge in [-0.2, -0.15) is 0 Å². The lowest BCUT2D eigenvalue weighted by atomic mass is 10.0. The third-order valence-corrected chi connectivity index (χ3v) is 3.86. The quantitative estimate of drug-likeness (QED) is 0.885. The van der Waals surface area contributed by atoms with Gasteiger partial charge in [0.2, 0.25) is 0 Å². The Bertz CT molecular complexity index is 388. The van der Waals surface area contributed by atoms with Crippen molar-refractivity contribution in [1.29, 1.82) is 0 Å². The topological polar surface area (TPSA) is 32.7 Å². The average molecular weight is 263 g/mol. The van der Waals surface area contributed by atoms with Crippen LogP contribution in [0.2, 0.25) is 0 Å². The van der Waals surface area contributed by atoms with Crippen molar-refractivity contribution in [3.8, 4) is 0 Å². The summed E-state index contributed by atoms with van der Waals surface area (Å²) < 4.78 is 5.50. The van der Waals surface area contributed by atoms with Crippen LogP contribution >= 0.6 is 0 Å². The van der Waals surface area contributed by atoms with E-state index in [2.05, 4.69) is 11.9 Å². The van der Waals surface area contributed by atoms with E-state index in [1.165, 1.54) is 12.8 Å². The zero-order valence-electron chi connectivity index (χ0n) is 12.0. The van der Waals surface area contributed by atoms with Crippen LogP contribution in [0.15, 0.2) is 24.3 Å². The van der Waals surface area contributed by atoms with Crippen molar-refractivity contribution in [3.63, 3.8) is 0 Å². The number of aliphatic hydroxyl groups is 1. The Labute approximate surface area is 116 Å². The molecule has 1 fully saturated rings. The van der Waals surface area contributed by atoms with Gasteiger partial charge >= 0.3 is 0 Å². The van der Waals surface area contributed by atoms with E-state index in [9.17, 15) is 5.11 Å². The van der Waals surface area contributed by atoms with Gasteiger partial charge in [0, 0.05) is 19.7 Å². The summed E-state index contributed by atoms with van der Waals surface area (Å²) in [5.74, 6) is 0.614. The van der Waals surface area contributed by atoms with E-state index in [4.69, 9.17) is 4.74 Å².